The zero-order chi connectivity index (χ0) is 32.1. The molecule has 3 heterocycles. The zero-order valence-corrected chi connectivity index (χ0v) is 26.9. The first-order valence-electron chi connectivity index (χ1n) is 15.8. The molecule has 240 valence electrons. The first-order chi connectivity index (χ1) is 22.2. The number of thioether (sulfide) groups is 1. The third-order valence-corrected chi connectivity index (χ3v) is 12.6. The van der Waals surface area contributed by atoms with Gasteiger partial charge in [-0.1, -0.05) is 42.0 Å². The molecule has 12 heteroatoms. The minimum atomic E-state index is -0.843. The number of carbonyl (C=O) groups is 4. The Morgan fingerprint density at radius 2 is 1.80 bits per heavy atom. The lowest BCUT2D eigenvalue weighted by Gasteiger charge is -2.43. The number of thiazole rings is 1. The minimum absolute atomic E-state index is 0.000920. The van der Waals surface area contributed by atoms with Crippen LogP contribution in [0.3, 0.4) is 0 Å². The quantitative estimate of drug-likeness (QED) is 0.195. The number of nitrogens with zero attached hydrogens (tertiary/aromatic N) is 1. The van der Waals surface area contributed by atoms with Gasteiger partial charge in [-0.05, 0) is 79.3 Å². The van der Waals surface area contributed by atoms with Gasteiger partial charge in [0.2, 0.25) is 11.8 Å². The summed E-state index contributed by atoms with van der Waals surface area (Å²) in [4.78, 5) is 68.8. The average Bonchev–Trinajstić information content (AvgIpc) is 3.75. The molecule has 3 fully saturated rings. The van der Waals surface area contributed by atoms with E-state index in [4.69, 9.17) is 9.84 Å². The number of carbonyl (C=O) groups excluding carboxylic acids is 3. The van der Waals surface area contributed by atoms with E-state index < -0.39 is 5.97 Å². The topological polar surface area (TPSA) is 146 Å². The SMILES string of the molecule is Cc1cccc(NC(=O)COc2cccc([C@H]3c4sc(=O)[nH]c4SC4C5CC(C6C(=O)N(CCCCCC(=O)O)C(=O)C56)C43)c2)c1. The van der Waals surface area contributed by atoms with Crippen LogP contribution in [0.2, 0.25) is 0 Å². The van der Waals surface area contributed by atoms with Crippen LogP contribution in [0.25, 0.3) is 0 Å². The number of anilines is 1. The molecule has 3 N–H and O–H groups in total. The molecule has 7 atom stereocenters. The first kappa shape index (κ1) is 30.7. The fourth-order valence-electron chi connectivity index (χ4n) is 8.26. The third kappa shape index (κ3) is 5.55. The van der Waals surface area contributed by atoms with Gasteiger partial charge in [-0.3, -0.25) is 28.9 Å². The number of imide groups is 1. The molecular formula is C34H35N3O7S2. The summed E-state index contributed by atoms with van der Waals surface area (Å²) >= 11 is 2.84. The van der Waals surface area contributed by atoms with Gasteiger partial charge in [0.25, 0.3) is 5.91 Å². The standard InChI is InChI=1S/C34H35N3O7S2/c1-17-7-5-9-19(13-17)35-23(38)16-44-20-10-6-8-18(14-20)25-26-21-15-22(29(26)45-31-30(25)46-34(43)36-31)28-27(21)32(41)37(33(28)42)12-4-2-3-11-24(39)40/h5-10,13-14,21-22,25-29H,2-4,11-12,15-16H2,1H3,(H,35,38)(H,36,43)(H,39,40)/t21?,22?,25-,26?,27?,28?,29?/m1/s1. The summed E-state index contributed by atoms with van der Waals surface area (Å²) in [5.74, 6) is -1.56. The fraction of sp³-hybridized carbons (Fsp3) is 0.441. The number of rotatable bonds is 11. The maximum atomic E-state index is 13.8. The molecule has 6 unspecified atom stereocenters. The van der Waals surface area contributed by atoms with E-state index in [1.807, 2.05) is 55.5 Å². The van der Waals surface area contributed by atoms with Gasteiger partial charge < -0.3 is 20.1 Å². The number of amides is 3. The molecule has 7 rings (SSSR count). The molecule has 2 aliphatic heterocycles. The Morgan fingerprint density at radius 3 is 2.59 bits per heavy atom. The second-order valence-corrected chi connectivity index (χ2v) is 15.0. The number of fused-ring (bicyclic) bond motifs is 9. The minimum Gasteiger partial charge on any atom is -0.484 e. The van der Waals surface area contributed by atoms with Crippen molar-refractivity contribution in [1.29, 1.82) is 0 Å². The average molecular weight is 662 g/mol. The molecule has 2 aliphatic carbocycles. The number of aryl methyl sites for hydroxylation is 1. The normalized spacial score (nSPS) is 27.3. The molecule has 3 amide bonds. The summed E-state index contributed by atoms with van der Waals surface area (Å²) < 4.78 is 5.93. The third-order valence-electron chi connectivity index (χ3n) is 9.98. The molecule has 46 heavy (non-hydrogen) atoms. The van der Waals surface area contributed by atoms with Crippen LogP contribution in [0.15, 0.2) is 58.4 Å². The number of aliphatic carboxylic acids is 1. The second kappa shape index (κ2) is 12.4. The highest BCUT2D eigenvalue weighted by Crippen LogP contribution is 2.68. The Hall–Kier alpha value is -3.90. The zero-order valence-electron chi connectivity index (χ0n) is 25.3. The summed E-state index contributed by atoms with van der Waals surface area (Å²) in [5, 5.41) is 12.7. The Bertz CT molecular complexity index is 1770. The van der Waals surface area contributed by atoms with Crippen molar-refractivity contribution in [1.82, 2.24) is 9.88 Å². The number of carboxylic acid groups (broad SMARTS) is 1. The lowest BCUT2D eigenvalue weighted by Crippen LogP contribution is -2.42. The van der Waals surface area contributed by atoms with Crippen molar-refractivity contribution >= 4 is 52.5 Å². The summed E-state index contributed by atoms with van der Waals surface area (Å²) in [6, 6.07) is 15.2. The Morgan fingerprint density at radius 1 is 1.02 bits per heavy atom. The number of H-pyrrole nitrogens is 1. The lowest BCUT2D eigenvalue weighted by molar-refractivity contribution is -0.141. The number of benzene rings is 2. The van der Waals surface area contributed by atoms with Crippen LogP contribution in [-0.2, 0) is 19.2 Å². The fourth-order valence-corrected chi connectivity index (χ4v) is 11.2. The Labute approximate surface area is 273 Å². The largest absolute Gasteiger partial charge is 0.484 e. The molecule has 0 spiro atoms. The second-order valence-electron chi connectivity index (χ2n) is 12.8. The predicted octanol–water partition coefficient (Wildman–Crippen LogP) is 4.88. The highest BCUT2D eigenvalue weighted by Gasteiger charge is 2.69. The highest BCUT2D eigenvalue weighted by molar-refractivity contribution is 8.00. The van der Waals surface area contributed by atoms with E-state index in [-0.39, 0.29) is 76.4 Å². The van der Waals surface area contributed by atoms with E-state index in [9.17, 15) is 24.0 Å². The number of ether oxygens (including phenoxy) is 1. The van der Waals surface area contributed by atoms with Crippen LogP contribution in [0.4, 0.5) is 5.69 Å². The monoisotopic (exact) mass is 661 g/mol. The van der Waals surface area contributed by atoms with E-state index in [0.29, 0.717) is 37.2 Å². The van der Waals surface area contributed by atoms with Crippen molar-refractivity contribution in [2.45, 2.75) is 55.2 Å². The van der Waals surface area contributed by atoms with Crippen LogP contribution in [0.5, 0.6) is 5.75 Å². The van der Waals surface area contributed by atoms with Gasteiger partial charge >= 0.3 is 10.8 Å². The van der Waals surface area contributed by atoms with Crippen molar-refractivity contribution < 1.29 is 29.0 Å². The van der Waals surface area contributed by atoms with Crippen molar-refractivity contribution in [2.75, 3.05) is 18.5 Å². The maximum absolute atomic E-state index is 13.8. The number of aromatic nitrogens is 1. The summed E-state index contributed by atoms with van der Waals surface area (Å²) in [6.45, 7) is 2.12. The van der Waals surface area contributed by atoms with Gasteiger partial charge in [0, 0.05) is 34.7 Å². The van der Waals surface area contributed by atoms with Crippen LogP contribution in [0, 0.1) is 36.5 Å². The van der Waals surface area contributed by atoms with Crippen LogP contribution in [-0.4, -0.2) is 57.1 Å². The number of aromatic amines is 1. The number of unbranched alkanes of at least 4 members (excludes halogenated alkanes) is 2. The smallest absolute Gasteiger partial charge is 0.305 e. The van der Waals surface area contributed by atoms with Crippen molar-refractivity contribution in [2.24, 2.45) is 29.6 Å². The predicted molar refractivity (Wildman–Crippen MR) is 173 cm³/mol. The molecule has 3 aromatic rings. The summed E-state index contributed by atoms with van der Waals surface area (Å²) in [6.07, 6.45) is 2.64. The number of likely N-dealkylation sites (tertiary alicyclic amines) is 1. The van der Waals surface area contributed by atoms with Gasteiger partial charge in [-0.2, -0.15) is 0 Å². The van der Waals surface area contributed by atoms with Crippen LogP contribution >= 0.6 is 23.1 Å². The summed E-state index contributed by atoms with van der Waals surface area (Å²) in [7, 11) is 0. The first-order valence-corrected chi connectivity index (χ1v) is 17.4. The summed E-state index contributed by atoms with van der Waals surface area (Å²) in [5.41, 5.74) is 2.70. The van der Waals surface area contributed by atoms with Gasteiger partial charge in [0.05, 0.1) is 16.9 Å². The van der Waals surface area contributed by atoms with Gasteiger partial charge in [-0.25, -0.2) is 0 Å². The van der Waals surface area contributed by atoms with Gasteiger partial charge in [-0.15, -0.1) is 11.8 Å². The van der Waals surface area contributed by atoms with Crippen molar-refractivity contribution in [3.05, 3.63) is 74.2 Å². The van der Waals surface area contributed by atoms with E-state index in [0.717, 1.165) is 27.5 Å². The number of carboxylic acids is 1. The molecule has 4 aliphatic rings. The molecular weight excluding hydrogens is 627 g/mol. The van der Waals surface area contributed by atoms with Crippen LogP contribution in [0.1, 0.15) is 54.0 Å². The van der Waals surface area contributed by atoms with E-state index in [1.54, 1.807) is 11.8 Å². The molecule has 2 bridgehead atoms. The maximum Gasteiger partial charge on any atom is 0.305 e. The lowest BCUT2D eigenvalue weighted by atomic mass is 9.68. The van der Waals surface area contributed by atoms with E-state index in [1.165, 1.54) is 16.2 Å². The van der Waals surface area contributed by atoms with Crippen molar-refractivity contribution in [3.8, 4) is 5.75 Å². The molecule has 1 saturated heterocycles. The number of nitrogens with one attached hydrogen (secondary N) is 2. The van der Waals surface area contributed by atoms with Crippen LogP contribution < -0.4 is 14.9 Å². The Kier molecular flexibility index (Phi) is 8.26. The molecule has 10 nitrogen and oxygen atoms in total. The Balaban J connectivity index is 1.11. The highest BCUT2D eigenvalue weighted by atomic mass is 32.2. The van der Waals surface area contributed by atoms with E-state index in [2.05, 4.69) is 10.3 Å². The number of hydrogen-bond acceptors (Lipinski definition) is 8. The van der Waals surface area contributed by atoms with Gasteiger partial charge in [0.15, 0.2) is 6.61 Å². The molecule has 1 aromatic heterocycles. The molecule has 0 radical (unpaired) electrons. The number of hydrogen-bond donors (Lipinski definition) is 3. The van der Waals surface area contributed by atoms with E-state index >= 15 is 0 Å². The van der Waals surface area contributed by atoms with Gasteiger partial charge in [0.1, 0.15) is 5.75 Å². The van der Waals surface area contributed by atoms with Crippen molar-refractivity contribution in [3.63, 3.8) is 0 Å². The molecule has 2 saturated carbocycles. The molecule has 2 aromatic carbocycles.